The number of nitrogens with one attached hydrogen (secondary N) is 1. The van der Waals surface area contributed by atoms with Crippen LogP contribution in [0.1, 0.15) is 33.9 Å². The predicted molar refractivity (Wildman–Crippen MR) is 165 cm³/mol. The third-order valence-corrected chi connectivity index (χ3v) is 9.09. The number of nitrogens with zero attached hydrogens (tertiary/aromatic N) is 4. The van der Waals surface area contributed by atoms with E-state index < -0.39 is 34.4 Å². The molecule has 234 valence electrons. The number of ether oxygens (including phenoxy) is 1. The fraction of sp³-hybridized carbons (Fsp3) is 0.290. The number of anilines is 1. The minimum absolute atomic E-state index is 0.0472. The lowest BCUT2D eigenvalue weighted by molar-refractivity contribution is -0.0256. The number of aliphatic hydroxyl groups excluding tert-OH is 1. The van der Waals surface area contributed by atoms with Gasteiger partial charge in [0, 0.05) is 61.7 Å². The molecule has 1 amide bonds. The third kappa shape index (κ3) is 5.21. The van der Waals surface area contributed by atoms with Gasteiger partial charge in [0.1, 0.15) is 17.2 Å². The van der Waals surface area contributed by atoms with E-state index in [1.54, 1.807) is 0 Å². The summed E-state index contributed by atoms with van der Waals surface area (Å²) in [7, 11) is 4.11. The summed E-state index contributed by atoms with van der Waals surface area (Å²) in [6.45, 7) is 1.13. The molecule has 1 aliphatic carbocycles. The highest BCUT2D eigenvalue weighted by molar-refractivity contribution is 6.39. The number of methoxy groups -OCH3 is 1. The van der Waals surface area contributed by atoms with Crippen LogP contribution in [-0.2, 0) is 20.5 Å². The molecule has 0 radical (unpaired) electrons. The number of amides is 1. The van der Waals surface area contributed by atoms with E-state index in [-0.39, 0.29) is 39.0 Å². The lowest BCUT2D eigenvalue weighted by Crippen LogP contribution is -2.51. The van der Waals surface area contributed by atoms with Crippen LogP contribution in [0, 0.1) is 11.6 Å². The number of hydrogen-bond donors (Lipinski definition) is 2. The van der Waals surface area contributed by atoms with E-state index >= 15 is 8.78 Å². The Morgan fingerprint density at radius 3 is 2.40 bits per heavy atom. The molecule has 0 spiro atoms. The average molecular weight is 658 g/mol. The summed E-state index contributed by atoms with van der Waals surface area (Å²) < 4.78 is 38.3. The molecular weight excluding hydrogens is 631 g/mol. The van der Waals surface area contributed by atoms with Crippen LogP contribution in [0.2, 0.25) is 10.0 Å². The van der Waals surface area contributed by atoms with Gasteiger partial charge in [0.2, 0.25) is 5.88 Å². The maximum absolute atomic E-state index is 15.5. The molecule has 0 bridgehead atoms. The molecule has 2 N–H and O–H groups in total. The number of pyridine rings is 1. The zero-order valence-electron chi connectivity index (χ0n) is 24.3. The smallest absolute Gasteiger partial charge is 0.330 e. The molecule has 4 aromatic rings. The fourth-order valence-corrected chi connectivity index (χ4v) is 6.63. The Bertz CT molecular complexity index is 2010. The molecule has 1 fully saturated rings. The molecular formula is C31H27Cl2F2N5O5. The Hall–Kier alpha value is -4.10. The highest BCUT2D eigenvalue weighted by atomic mass is 35.5. The van der Waals surface area contributed by atoms with Crippen LogP contribution in [0.25, 0.3) is 22.4 Å². The standard InChI is InChI=1S/C31H27Cl2F2N5O5/c1-38-13-17(30(43)39(2)31(38)44)28(42)36-20-8-7-19(35)25(27(20)33)24-18(34)6-5-16(26(24)32)21-10-14-4-9-22(40-11-15(41)12-40)23(14)29(37-21)45-3/h5-8,10,13,15,22,41H,4,9,11-12H2,1-3H3,(H,36,42)/t22-/m1/s1. The molecule has 2 aliphatic rings. The number of carbonyl (C=O) groups excluding carboxylic acids is 1. The van der Waals surface area contributed by atoms with Gasteiger partial charge in [0.05, 0.1) is 34.6 Å². The second-order valence-electron chi connectivity index (χ2n) is 11.1. The van der Waals surface area contributed by atoms with Gasteiger partial charge in [-0.25, -0.2) is 18.6 Å². The van der Waals surface area contributed by atoms with Crippen molar-refractivity contribution < 1.29 is 23.4 Å². The van der Waals surface area contributed by atoms with Gasteiger partial charge in [0.15, 0.2) is 0 Å². The number of halogens is 4. The molecule has 14 heteroatoms. The summed E-state index contributed by atoms with van der Waals surface area (Å²) in [5, 5.41) is 11.7. The molecule has 1 saturated heterocycles. The molecule has 3 heterocycles. The second kappa shape index (κ2) is 11.7. The van der Waals surface area contributed by atoms with Crippen LogP contribution < -0.4 is 21.3 Å². The highest BCUT2D eigenvalue weighted by Gasteiger charge is 2.38. The van der Waals surface area contributed by atoms with Gasteiger partial charge >= 0.3 is 5.69 Å². The van der Waals surface area contributed by atoms with Gasteiger partial charge in [-0.3, -0.25) is 19.1 Å². The van der Waals surface area contributed by atoms with Gasteiger partial charge in [-0.1, -0.05) is 23.2 Å². The Balaban J connectivity index is 1.40. The topological polar surface area (TPSA) is 119 Å². The molecule has 45 heavy (non-hydrogen) atoms. The Kier molecular flexibility index (Phi) is 8.02. The zero-order valence-corrected chi connectivity index (χ0v) is 25.8. The van der Waals surface area contributed by atoms with Crippen LogP contribution in [0.5, 0.6) is 5.88 Å². The van der Waals surface area contributed by atoms with Crippen LogP contribution in [0.3, 0.4) is 0 Å². The number of carbonyl (C=O) groups is 1. The first kappa shape index (κ1) is 30.9. The SMILES string of the molecule is COc1nc(-c2ccc(F)c(-c3c(F)ccc(NC(=O)c4cn(C)c(=O)n(C)c4=O)c3Cl)c2Cl)cc2c1[C@H](N1CC(O)C1)CC2. The molecule has 1 aliphatic heterocycles. The Morgan fingerprint density at radius 2 is 1.73 bits per heavy atom. The van der Waals surface area contributed by atoms with Crippen molar-refractivity contribution in [2.45, 2.75) is 25.0 Å². The van der Waals surface area contributed by atoms with Crippen molar-refractivity contribution in [3.05, 3.63) is 95.7 Å². The van der Waals surface area contributed by atoms with Crippen molar-refractivity contribution in [2.24, 2.45) is 14.1 Å². The van der Waals surface area contributed by atoms with E-state index in [2.05, 4.69) is 15.2 Å². The van der Waals surface area contributed by atoms with Crippen molar-refractivity contribution in [2.75, 3.05) is 25.5 Å². The summed E-state index contributed by atoms with van der Waals surface area (Å²) in [6.07, 6.45) is 2.26. The number of benzene rings is 2. The molecule has 6 rings (SSSR count). The van der Waals surface area contributed by atoms with Gasteiger partial charge in [-0.05, 0) is 48.7 Å². The molecule has 0 unspecified atom stereocenters. The van der Waals surface area contributed by atoms with Crippen molar-refractivity contribution in [1.29, 1.82) is 0 Å². The van der Waals surface area contributed by atoms with Crippen molar-refractivity contribution in [1.82, 2.24) is 19.0 Å². The zero-order chi connectivity index (χ0) is 32.3. The summed E-state index contributed by atoms with van der Waals surface area (Å²) in [4.78, 5) is 44.5. The number of aromatic nitrogens is 3. The summed E-state index contributed by atoms with van der Waals surface area (Å²) in [5.41, 5.74) is -0.122. The number of fused-ring (bicyclic) bond motifs is 1. The minimum Gasteiger partial charge on any atom is -0.481 e. The van der Waals surface area contributed by atoms with Crippen molar-refractivity contribution in [3.8, 4) is 28.3 Å². The van der Waals surface area contributed by atoms with Gasteiger partial charge in [0.25, 0.3) is 11.5 Å². The number of aryl methyl sites for hydroxylation is 2. The van der Waals surface area contributed by atoms with E-state index in [1.807, 2.05) is 6.07 Å². The Labute approximate surface area is 265 Å². The van der Waals surface area contributed by atoms with Gasteiger partial charge in [-0.2, -0.15) is 0 Å². The van der Waals surface area contributed by atoms with Crippen LogP contribution in [-0.4, -0.2) is 56.3 Å². The van der Waals surface area contributed by atoms with E-state index in [4.69, 9.17) is 27.9 Å². The summed E-state index contributed by atoms with van der Waals surface area (Å²) >= 11 is 13.4. The summed E-state index contributed by atoms with van der Waals surface area (Å²) in [6, 6.07) is 6.60. The van der Waals surface area contributed by atoms with Crippen molar-refractivity contribution in [3.63, 3.8) is 0 Å². The van der Waals surface area contributed by atoms with Gasteiger partial charge < -0.3 is 19.7 Å². The van der Waals surface area contributed by atoms with E-state index in [9.17, 15) is 19.5 Å². The lowest BCUT2D eigenvalue weighted by atomic mass is 9.97. The average Bonchev–Trinajstić information content (AvgIpc) is 3.42. The highest BCUT2D eigenvalue weighted by Crippen LogP contribution is 2.47. The van der Waals surface area contributed by atoms with E-state index in [1.165, 1.54) is 33.3 Å². The molecule has 1 atom stereocenters. The largest absolute Gasteiger partial charge is 0.481 e. The number of β-amino-alcohol motifs (C(OH)–C–C–N with tert-alkyl or cyclic N) is 1. The van der Waals surface area contributed by atoms with Crippen LogP contribution >= 0.6 is 23.2 Å². The third-order valence-electron chi connectivity index (χ3n) is 8.30. The van der Waals surface area contributed by atoms with E-state index in [0.29, 0.717) is 30.2 Å². The minimum atomic E-state index is -0.911. The first-order valence-corrected chi connectivity index (χ1v) is 14.7. The second-order valence-corrected chi connectivity index (χ2v) is 11.8. The number of rotatable bonds is 6. The predicted octanol–water partition coefficient (Wildman–Crippen LogP) is 4.32. The number of hydrogen-bond acceptors (Lipinski definition) is 7. The Morgan fingerprint density at radius 1 is 1.07 bits per heavy atom. The molecule has 2 aromatic heterocycles. The quantitative estimate of drug-likeness (QED) is 0.317. The molecule has 2 aromatic carbocycles. The maximum Gasteiger partial charge on any atom is 0.330 e. The van der Waals surface area contributed by atoms with Crippen molar-refractivity contribution >= 4 is 34.8 Å². The number of likely N-dealkylation sites (tertiary alicyclic amines) is 1. The lowest BCUT2D eigenvalue weighted by Gasteiger charge is -2.40. The van der Waals surface area contributed by atoms with Gasteiger partial charge in [-0.15, -0.1) is 0 Å². The van der Waals surface area contributed by atoms with E-state index in [0.717, 1.165) is 51.4 Å². The number of aliphatic hydroxyl groups is 1. The first-order chi connectivity index (χ1) is 21.4. The monoisotopic (exact) mass is 657 g/mol. The maximum atomic E-state index is 15.5. The normalized spacial score (nSPS) is 16.4. The summed E-state index contributed by atoms with van der Waals surface area (Å²) in [5.74, 6) is -2.31. The van der Waals surface area contributed by atoms with Crippen LogP contribution in [0.4, 0.5) is 14.5 Å². The fourth-order valence-electron chi connectivity index (χ4n) is 5.99. The molecule has 10 nitrogen and oxygen atoms in total. The van der Waals surface area contributed by atoms with Crippen LogP contribution in [0.15, 0.2) is 46.1 Å². The first-order valence-electron chi connectivity index (χ1n) is 14.0. The molecule has 0 saturated carbocycles.